The van der Waals surface area contributed by atoms with Crippen LogP contribution in [0.4, 0.5) is 0 Å². The van der Waals surface area contributed by atoms with Crippen LogP contribution in [0.25, 0.3) is 5.65 Å². The third-order valence-corrected chi connectivity index (χ3v) is 3.93. The predicted octanol–water partition coefficient (Wildman–Crippen LogP) is 2.09. The van der Waals surface area contributed by atoms with Gasteiger partial charge in [0.15, 0.2) is 0 Å². The minimum Gasteiger partial charge on any atom is -0.315 e. The third-order valence-electron chi connectivity index (χ3n) is 3.69. The molecule has 1 aliphatic heterocycles. The number of nitrogens with zero attached hydrogens (tertiary/aromatic N) is 3. The van der Waals surface area contributed by atoms with Crippen LogP contribution in [0.2, 0.25) is 5.02 Å². The van der Waals surface area contributed by atoms with Gasteiger partial charge in [-0.2, -0.15) is 0 Å². The van der Waals surface area contributed by atoms with Gasteiger partial charge in [-0.1, -0.05) is 11.6 Å². The minimum atomic E-state index is 0.739. The number of rotatable bonds is 2. The van der Waals surface area contributed by atoms with E-state index in [1.54, 1.807) is 0 Å². The zero-order chi connectivity index (χ0) is 13.2. The number of nitrogens with one attached hydrogen (secondary N) is 1. The van der Waals surface area contributed by atoms with Crippen LogP contribution in [0.5, 0.6) is 0 Å². The summed E-state index contributed by atoms with van der Waals surface area (Å²) in [5.74, 6) is 0. The molecular formula is C14H19ClN4. The molecule has 1 fully saturated rings. The van der Waals surface area contributed by atoms with Crippen molar-refractivity contribution in [2.75, 3.05) is 26.2 Å². The predicted molar refractivity (Wildman–Crippen MR) is 77.7 cm³/mol. The van der Waals surface area contributed by atoms with Crippen molar-refractivity contribution in [1.82, 2.24) is 19.6 Å². The van der Waals surface area contributed by atoms with Crippen LogP contribution in [0.1, 0.15) is 17.8 Å². The van der Waals surface area contributed by atoms with Gasteiger partial charge in [0, 0.05) is 36.9 Å². The average molecular weight is 279 g/mol. The van der Waals surface area contributed by atoms with E-state index in [2.05, 4.69) is 26.5 Å². The van der Waals surface area contributed by atoms with Crippen molar-refractivity contribution in [2.24, 2.45) is 0 Å². The summed E-state index contributed by atoms with van der Waals surface area (Å²) in [6, 6.07) is 3.84. The summed E-state index contributed by atoms with van der Waals surface area (Å²) in [7, 11) is 0. The van der Waals surface area contributed by atoms with E-state index >= 15 is 0 Å². The molecule has 0 spiro atoms. The maximum atomic E-state index is 6.02. The van der Waals surface area contributed by atoms with Gasteiger partial charge in [0.1, 0.15) is 5.65 Å². The van der Waals surface area contributed by atoms with Gasteiger partial charge in [0.25, 0.3) is 0 Å². The van der Waals surface area contributed by atoms with E-state index in [0.717, 1.165) is 49.1 Å². The fraction of sp³-hybridized carbons (Fsp3) is 0.500. The van der Waals surface area contributed by atoms with E-state index in [0.29, 0.717) is 0 Å². The fourth-order valence-electron chi connectivity index (χ4n) is 2.65. The molecule has 0 radical (unpaired) electrons. The SMILES string of the molecule is Cc1nc2cc(Cl)ccn2c1CN1CCCNCC1. The Hall–Kier alpha value is -1.10. The first-order valence-electron chi connectivity index (χ1n) is 6.80. The zero-order valence-corrected chi connectivity index (χ0v) is 12.0. The first-order chi connectivity index (χ1) is 9.24. The molecule has 2 aromatic heterocycles. The van der Waals surface area contributed by atoms with Crippen LogP contribution >= 0.6 is 11.6 Å². The number of aryl methyl sites for hydroxylation is 1. The molecule has 0 saturated carbocycles. The number of hydrogen-bond acceptors (Lipinski definition) is 3. The second kappa shape index (κ2) is 5.49. The summed E-state index contributed by atoms with van der Waals surface area (Å²) < 4.78 is 2.15. The fourth-order valence-corrected chi connectivity index (χ4v) is 2.80. The maximum Gasteiger partial charge on any atom is 0.138 e. The summed E-state index contributed by atoms with van der Waals surface area (Å²) >= 11 is 6.02. The Labute approximate surface area is 118 Å². The molecule has 0 unspecified atom stereocenters. The molecule has 4 nitrogen and oxygen atoms in total. The number of pyridine rings is 1. The molecule has 1 N–H and O–H groups in total. The van der Waals surface area contributed by atoms with Crippen LogP contribution in [0.15, 0.2) is 18.3 Å². The van der Waals surface area contributed by atoms with Crippen molar-refractivity contribution in [3.63, 3.8) is 0 Å². The highest BCUT2D eigenvalue weighted by Crippen LogP contribution is 2.18. The van der Waals surface area contributed by atoms with Crippen LogP contribution in [0, 0.1) is 6.92 Å². The highest BCUT2D eigenvalue weighted by atomic mass is 35.5. The van der Waals surface area contributed by atoms with Crippen molar-refractivity contribution in [1.29, 1.82) is 0 Å². The minimum absolute atomic E-state index is 0.739. The van der Waals surface area contributed by atoms with Crippen LogP contribution in [-0.4, -0.2) is 40.5 Å². The molecule has 5 heteroatoms. The summed E-state index contributed by atoms with van der Waals surface area (Å²) in [5.41, 5.74) is 3.31. The lowest BCUT2D eigenvalue weighted by molar-refractivity contribution is 0.279. The van der Waals surface area contributed by atoms with Gasteiger partial charge in [-0.05, 0) is 32.5 Å². The van der Waals surface area contributed by atoms with E-state index < -0.39 is 0 Å². The van der Waals surface area contributed by atoms with Crippen LogP contribution in [-0.2, 0) is 6.54 Å². The Morgan fingerprint density at radius 1 is 1.37 bits per heavy atom. The van der Waals surface area contributed by atoms with Gasteiger partial charge in [-0.15, -0.1) is 0 Å². The Balaban J connectivity index is 1.89. The zero-order valence-electron chi connectivity index (χ0n) is 11.2. The monoisotopic (exact) mass is 278 g/mol. The molecule has 0 atom stereocenters. The van der Waals surface area contributed by atoms with Crippen molar-refractivity contribution >= 4 is 17.2 Å². The number of fused-ring (bicyclic) bond motifs is 1. The Bertz CT molecular complexity index is 570. The second-order valence-electron chi connectivity index (χ2n) is 5.10. The highest BCUT2D eigenvalue weighted by molar-refractivity contribution is 6.30. The lowest BCUT2D eigenvalue weighted by Crippen LogP contribution is -2.28. The van der Waals surface area contributed by atoms with Gasteiger partial charge >= 0.3 is 0 Å². The first kappa shape index (κ1) is 12.9. The second-order valence-corrected chi connectivity index (χ2v) is 5.53. The summed E-state index contributed by atoms with van der Waals surface area (Å²) in [5, 5.41) is 4.17. The molecule has 19 heavy (non-hydrogen) atoms. The molecule has 1 aliphatic rings. The standard InChI is InChI=1S/C14H19ClN4/c1-11-13(10-18-6-2-4-16-5-8-18)19-7-3-12(15)9-14(19)17-11/h3,7,9,16H,2,4-6,8,10H2,1H3. The van der Waals surface area contributed by atoms with Crippen molar-refractivity contribution < 1.29 is 0 Å². The molecule has 2 aromatic rings. The molecular weight excluding hydrogens is 260 g/mol. The van der Waals surface area contributed by atoms with Crippen LogP contribution in [0.3, 0.4) is 0 Å². The summed E-state index contributed by atoms with van der Waals surface area (Å²) in [6.07, 6.45) is 3.23. The molecule has 0 bridgehead atoms. The quantitative estimate of drug-likeness (QED) is 0.913. The van der Waals surface area contributed by atoms with Crippen LogP contribution < -0.4 is 5.32 Å². The highest BCUT2D eigenvalue weighted by Gasteiger charge is 2.14. The molecule has 3 rings (SSSR count). The number of hydrogen-bond donors (Lipinski definition) is 1. The number of imidazole rings is 1. The van der Waals surface area contributed by atoms with E-state index in [1.807, 2.05) is 18.3 Å². The Morgan fingerprint density at radius 2 is 2.26 bits per heavy atom. The molecule has 1 saturated heterocycles. The van der Waals surface area contributed by atoms with E-state index in [9.17, 15) is 0 Å². The Morgan fingerprint density at radius 3 is 3.16 bits per heavy atom. The van der Waals surface area contributed by atoms with Crippen molar-refractivity contribution in [3.05, 3.63) is 34.7 Å². The molecule has 3 heterocycles. The van der Waals surface area contributed by atoms with E-state index in [-0.39, 0.29) is 0 Å². The first-order valence-corrected chi connectivity index (χ1v) is 7.18. The topological polar surface area (TPSA) is 32.6 Å². The van der Waals surface area contributed by atoms with Gasteiger partial charge < -0.3 is 9.72 Å². The lowest BCUT2D eigenvalue weighted by Gasteiger charge is -2.19. The number of halogens is 1. The average Bonchev–Trinajstić information content (AvgIpc) is 2.57. The lowest BCUT2D eigenvalue weighted by atomic mass is 10.3. The third kappa shape index (κ3) is 2.76. The molecule has 0 aromatic carbocycles. The van der Waals surface area contributed by atoms with Gasteiger partial charge in [-0.3, -0.25) is 4.90 Å². The maximum absolute atomic E-state index is 6.02. The largest absolute Gasteiger partial charge is 0.315 e. The smallest absolute Gasteiger partial charge is 0.138 e. The van der Waals surface area contributed by atoms with Gasteiger partial charge in [0.2, 0.25) is 0 Å². The van der Waals surface area contributed by atoms with Crippen molar-refractivity contribution in [3.8, 4) is 0 Å². The summed E-state index contributed by atoms with van der Waals surface area (Å²) in [4.78, 5) is 7.09. The molecule has 0 amide bonds. The van der Waals surface area contributed by atoms with E-state index in [4.69, 9.17) is 11.6 Å². The normalized spacial score (nSPS) is 17.8. The van der Waals surface area contributed by atoms with E-state index in [1.165, 1.54) is 12.1 Å². The summed E-state index contributed by atoms with van der Waals surface area (Å²) in [6.45, 7) is 7.47. The number of aromatic nitrogens is 2. The van der Waals surface area contributed by atoms with Crippen molar-refractivity contribution in [2.45, 2.75) is 19.9 Å². The Kier molecular flexibility index (Phi) is 3.73. The van der Waals surface area contributed by atoms with Gasteiger partial charge in [-0.25, -0.2) is 4.98 Å². The van der Waals surface area contributed by atoms with Gasteiger partial charge in [0.05, 0.1) is 11.4 Å². The molecule has 102 valence electrons. The molecule has 0 aliphatic carbocycles.